The molecule has 1 aromatic rings. The number of thiophene rings is 1. The van der Waals surface area contributed by atoms with E-state index in [1.165, 1.54) is 4.88 Å². The zero-order valence-electron chi connectivity index (χ0n) is 14.4. The molecule has 2 rings (SSSR count). The van der Waals surface area contributed by atoms with Gasteiger partial charge in [0.2, 0.25) is 5.91 Å². The number of hydrogen-bond donors (Lipinski definition) is 2. The molecule has 0 radical (unpaired) electrons. The quantitative estimate of drug-likeness (QED) is 0.849. The van der Waals surface area contributed by atoms with Crippen LogP contribution in [0.4, 0.5) is 4.79 Å². The van der Waals surface area contributed by atoms with E-state index in [1.54, 1.807) is 11.3 Å². The van der Waals surface area contributed by atoms with Crippen LogP contribution in [0, 0.1) is 0 Å². The second kappa shape index (κ2) is 8.29. The molecule has 0 spiro atoms. The predicted octanol–water partition coefficient (Wildman–Crippen LogP) is 2.14. The zero-order valence-corrected chi connectivity index (χ0v) is 16.0. The maximum Gasteiger partial charge on any atom is 0.321 e. The molecule has 24 heavy (non-hydrogen) atoms. The number of hydrogen-bond acceptors (Lipinski definition) is 5. The minimum absolute atomic E-state index is 0.246. The van der Waals surface area contributed by atoms with Gasteiger partial charge in [-0.1, -0.05) is 11.6 Å². The van der Waals surface area contributed by atoms with E-state index < -0.39 is 6.03 Å². The van der Waals surface area contributed by atoms with Crippen LogP contribution in [0.25, 0.3) is 0 Å². The fourth-order valence-electron chi connectivity index (χ4n) is 2.50. The Kier molecular flexibility index (Phi) is 6.62. The van der Waals surface area contributed by atoms with Crippen LogP contribution < -0.4 is 10.6 Å². The first-order chi connectivity index (χ1) is 11.2. The van der Waals surface area contributed by atoms with Gasteiger partial charge in [-0.05, 0) is 32.9 Å². The molecule has 2 N–H and O–H groups in total. The molecule has 1 fully saturated rings. The van der Waals surface area contributed by atoms with Crippen LogP contribution in [0.5, 0.6) is 0 Å². The van der Waals surface area contributed by atoms with Gasteiger partial charge in [-0.3, -0.25) is 19.9 Å². The summed E-state index contributed by atoms with van der Waals surface area (Å²) in [6.45, 7) is 10.2. The van der Waals surface area contributed by atoms with Gasteiger partial charge in [-0.25, -0.2) is 4.79 Å². The SMILES string of the molecule is CC(C)(C)NC(=O)NC(=O)CN1CCN(Cc2ccc(Cl)s2)CC1. The van der Waals surface area contributed by atoms with Gasteiger partial charge in [0.05, 0.1) is 10.9 Å². The lowest BCUT2D eigenvalue weighted by Crippen LogP contribution is -2.52. The Balaban J connectivity index is 1.68. The van der Waals surface area contributed by atoms with E-state index in [0.717, 1.165) is 37.1 Å². The van der Waals surface area contributed by atoms with Gasteiger partial charge in [-0.2, -0.15) is 0 Å². The molecule has 0 aromatic carbocycles. The molecule has 8 heteroatoms. The number of rotatable bonds is 4. The molecule has 1 aromatic heterocycles. The van der Waals surface area contributed by atoms with Crippen LogP contribution in [0.1, 0.15) is 25.6 Å². The Hall–Kier alpha value is -1.15. The first kappa shape index (κ1) is 19.2. The monoisotopic (exact) mass is 372 g/mol. The first-order valence-corrected chi connectivity index (χ1v) is 9.22. The van der Waals surface area contributed by atoms with Crippen LogP contribution in [-0.2, 0) is 11.3 Å². The number of halogens is 1. The summed E-state index contributed by atoms with van der Waals surface area (Å²) in [6.07, 6.45) is 0. The largest absolute Gasteiger partial charge is 0.333 e. The minimum atomic E-state index is -0.444. The smallest absolute Gasteiger partial charge is 0.321 e. The van der Waals surface area contributed by atoms with Crippen molar-refractivity contribution in [3.8, 4) is 0 Å². The number of piperazine rings is 1. The van der Waals surface area contributed by atoms with Crippen molar-refractivity contribution < 1.29 is 9.59 Å². The Morgan fingerprint density at radius 2 is 1.79 bits per heavy atom. The summed E-state index contributed by atoms with van der Waals surface area (Å²) < 4.78 is 0.814. The average Bonchev–Trinajstić information content (AvgIpc) is 2.84. The van der Waals surface area contributed by atoms with E-state index >= 15 is 0 Å². The molecular weight excluding hydrogens is 348 g/mol. The van der Waals surface area contributed by atoms with Crippen molar-refractivity contribution in [2.24, 2.45) is 0 Å². The molecule has 0 aliphatic carbocycles. The van der Waals surface area contributed by atoms with Crippen molar-refractivity contribution >= 4 is 34.9 Å². The second-order valence-corrected chi connectivity index (χ2v) is 8.81. The first-order valence-electron chi connectivity index (χ1n) is 8.02. The molecule has 0 saturated carbocycles. The van der Waals surface area contributed by atoms with Crippen LogP contribution >= 0.6 is 22.9 Å². The van der Waals surface area contributed by atoms with E-state index in [9.17, 15) is 9.59 Å². The van der Waals surface area contributed by atoms with Crippen LogP contribution in [-0.4, -0.2) is 60.0 Å². The van der Waals surface area contributed by atoms with Gasteiger partial charge in [0.15, 0.2) is 0 Å². The zero-order chi connectivity index (χ0) is 17.7. The van der Waals surface area contributed by atoms with Crippen molar-refractivity contribution in [3.05, 3.63) is 21.3 Å². The lowest BCUT2D eigenvalue weighted by Gasteiger charge is -2.34. The highest BCUT2D eigenvalue weighted by Crippen LogP contribution is 2.23. The van der Waals surface area contributed by atoms with E-state index in [2.05, 4.69) is 26.5 Å². The molecule has 6 nitrogen and oxygen atoms in total. The number of amides is 3. The van der Waals surface area contributed by atoms with Crippen LogP contribution in [0.15, 0.2) is 12.1 Å². The molecule has 2 heterocycles. The topological polar surface area (TPSA) is 64.7 Å². The highest BCUT2D eigenvalue weighted by atomic mass is 35.5. The van der Waals surface area contributed by atoms with Crippen molar-refractivity contribution in [2.45, 2.75) is 32.9 Å². The standard InChI is InChI=1S/C16H25ClN4O2S/c1-16(2,3)19-15(23)18-14(22)11-21-8-6-20(7-9-21)10-12-4-5-13(17)24-12/h4-5H,6-11H2,1-3H3,(H2,18,19,22,23). The molecule has 3 amide bonds. The number of urea groups is 1. The molecule has 0 unspecified atom stereocenters. The lowest BCUT2D eigenvalue weighted by molar-refractivity contribution is -0.121. The van der Waals surface area contributed by atoms with Crippen LogP contribution in [0.2, 0.25) is 4.34 Å². The summed E-state index contributed by atoms with van der Waals surface area (Å²) in [7, 11) is 0. The maximum absolute atomic E-state index is 11.9. The summed E-state index contributed by atoms with van der Waals surface area (Å²) in [4.78, 5) is 29.3. The Labute approximate surface area is 152 Å². The maximum atomic E-state index is 11.9. The number of carbonyl (C=O) groups excluding carboxylic acids is 2. The minimum Gasteiger partial charge on any atom is -0.333 e. The van der Waals surface area contributed by atoms with Gasteiger partial charge in [-0.15, -0.1) is 11.3 Å². The van der Waals surface area contributed by atoms with Crippen molar-refractivity contribution in [3.63, 3.8) is 0 Å². The third kappa shape index (κ3) is 6.76. The molecule has 0 atom stereocenters. The third-order valence-electron chi connectivity index (χ3n) is 3.58. The number of carbonyl (C=O) groups is 2. The number of nitrogens with one attached hydrogen (secondary N) is 2. The van der Waals surface area contributed by atoms with Crippen LogP contribution in [0.3, 0.4) is 0 Å². The summed E-state index contributed by atoms with van der Waals surface area (Å²) in [5, 5.41) is 5.10. The Bertz CT molecular complexity index is 577. The number of imide groups is 1. The van der Waals surface area contributed by atoms with Gasteiger partial charge in [0.25, 0.3) is 0 Å². The normalized spacial score (nSPS) is 16.8. The fraction of sp³-hybridized carbons (Fsp3) is 0.625. The van der Waals surface area contributed by atoms with Gasteiger partial charge < -0.3 is 5.32 Å². The predicted molar refractivity (Wildman–Crippen MR) is 97.5 cm³/mol. The molecule has 1 aliphatic heterocycles. The summed E-state index contributed by atoms with van der Waals surface area (Å²) in [5.74, 6) is -0.268. The van der Waals surface area contributed by atoms with E-state index in [0.29, 0.717) is 0 Å². The second-order valence-electron chi connectivity index (χ2n) is 7.01. The average molecular weight is 373 g/mol. The third-order valence-corrected chi connectivity index (χ3v) is 4.80. The van der Waals surface area contributed by atoms with Gasteiger partial charge >= 0.3 is 6.03 Å². The molecule has 1 saturated heterocycles. The fourth-order valence-corrected chi connectivity index (χ4v) is 3.63. The van der Waals surface area contributed by atoms with Crippen molar-refractivity contribution in [1.82, 2.24) is 20.4 Å². The Morgan fingerprint density at radius 3 is 2.33 bits per heavy atom. The van der Waals surface area contributed by atoms with E-state index in [1.807, 2.05) is 26.8 Å². The van der Waals surface area contributed by atoms with Gasteiger partial charge in [0.1, 0.15) is 0 Å². The molecule has 1 aliphatic rings. The Morgan fingerprint density at radius 1 is 1.17 bits per heavy atom. The summed E-state index contributed by atoms with van der Waals surface area (Å²) in [6, 6.07) is 3.53. The van der Waals surface area contributed by atoms with E-state index in [4.69, 9.17) is 11.6 Å². The molecule has 0 bridgehead atoms. The van der Waals surface area contributed by atoms with Crippen molar-refractivity contribution in [2.75, 3.05) is 32.7 Å². The molecular formula is C16H25ClN4O2S. The highest BCUT2D eigenvalue weighted by Gasteiger charge is 2.21. The van der Waals surface area contributed by atoms with Crippen molar-refractivity contribution in [1.29, 1.82) is 0 Å². The highest BCUT2D eigenvalue weighted by molar-refractivity contribution is 7.16. The van der Waals surface area contributed by atoms with E-state index in [-0.39, 0.29) is 18.0 Å². The summed E-state index contributed by atoms with van der Waals surface area (Å²) >= 11 is 7.56. The summed E-state index contributed by atoms with van der Waals surface area (Å²) in [5.41, 5.74) is -0.360. The molecule has 134 valence electrons. The van der Waals surface area contributed by atoms with Gasteiger partial charge in [0, 0.05) is 43.1 Å². The lowest BCUT2D eigenvalue weighted by atomic mass is 10.1. The number of nitrogens with zero attached hydrogens (tertiary/aromatic N) is 2.